The third-order valence-corrected chi connectivity index (χ3v) is 8.24. The second-order valence-corrected chi connectivity index (χ2v) is 10.3. The van der Waals surface area contributed by atoms with Crippen LogP contribution in [-0.4, -0.2) is 81.9 Å². The van der Waals surface area contributed by atoms with E-state index in [1.165, 1.54) is 11.8 Å². The number of carboxylic acids is 2. The summed E-state index contributed by atoms with van der Waals surface area (Å²) in [7, 11) is 0. The smallest absolute Gasteiger partial charge is 0.352 e. The number of nitrogens with one attached hydrogen (secondary N) is 2. The van der Waals surface area contributed by atoms with Crippen molar-refractivity contribution in [2.75, 3.05) is 5.75 Å². The number of β-lactam (4-membered cyclic amide) rings is 1. The molecule has 0 bridgehead atoms. The predicted octanol–water partition coefficient (Wildman–Crippen LogP) is -0.0348. The van der Waals surface area contributed by atoms with E-state index in [0.717, 1.165) is 27.8 Å². The Morgan fingerprint density at radius 1 is 1.28 bits per heavy atom. The molecule has 15 heteroatoms. The van der Waals surface area contributed by atoms with E-state index in [1.54, 1.807) is 0 Å². The van der Waals surface area contributed by atoms with Gasteiger partial charge in [0.25, 0.3) is 5.91 Å². The molecule has 3 atom stereocenters. The summed E-state index contributed by atoms with van der Waals surface area (Å²) in [5, 5.41) is 33.9. The molecule has 13 nitrogen and oxygen atoms in total. The van der Waals surface area contributed by atoms with Gasteiger partial charge in [-0.1, -0.05) is 36.0 Å². The third kappa shape index (κ3) is 5.37. The van der Waals surface area contributed by atoms with Crippen LogP contribution < -0.4 is 11.1 Å². The number of nitrogens with zero attached hydrogens (tertiary/aromatic N) is 4. The highest BCUT2D eigenvalue weighted by Gasteiger charge is 2.54. The fourth-order valence-corrected chi connectivity index (χ4v) is 6.65. The van der Waals surface area contributed by atoms with Crippen molar-refractivity contribution in [2.45, 2.75) is 47.6 Å². The summed E-state index contributed by atoms with van der Waals surface area (Å²) >= 11 is 2.24. The fraction of sp³-hybridized carbons (Fsp3) is 0.381. The van der Waals surface area contributed by atoms with E-state index < -0.39 is 40.9 Å². The van der Waals surface area contributed by atoms with Crippen LogP contribution in [0.15, 0.2) is 40.7 Å². The van der Waals surface area contributed by atoms with Gasteiger partial charge in [-0.25, -0.2) is 9.89 Å². The monoisotopic (exact) mass is 533 g/mol. The van der Waals surface area contributed by atoms with Gasteiger partial charge in [0.2, 0.25) is 11.1 Å². The molecule has 2 unspecified atom stereocenters. The molecular formula is C21H23N7O6S2. The maximum atomic E-state index is 13.0. The first-order valence-corrected chi connectivity index (χ1v) is 12.8. The van der Waals surface area contributed by atoms with Crippen LogP contribution in [-0.2, 0) is 32.1 Å². The maximum absolute atomic E-state index is 13.0. The zero-order valence-electron chi connectivity index (χ0n) is 18.8. The Hall–Kier alpha value is -3.43. The Balaban J connectivity index is 1.47. The van der Waals surface area contributed by atoms with Crippen LogP contribution in [0.4, 0.5) is 0 Å². The van der Waals surface area contributed by atoms with Crippen molar-refractivity contribution in [3.05, 3.63) is 46.7 Å². The number of carbonyl (C=O) groups is 4. The molecule has 3 heterocycles. The summed E-state index contributed by atoms with van der Waals surface area (Å²) in [6.45, 7) is 0.354. The molecule has 1 aromatic carbocycles. The summed E-state index contributed by atoms with van der Waals surface area (Å²) in [6.07, 6.45) is 0.208. The zero-order chi connectivity index (χ0) is 25.8. The van der Waals surface area contributed by atoms with Gasteiger partial charge in [-0.2, -0.15) is 0 Å². The maximum Gasteiger partial charge on any atom is 0.352 e. The lowest BCUT2D eigenvalue weighted by molar-refractivity contribution is -0.150. The van der Waals surface area contributed by atoms with Gasteiger partial charge in [-0.3, -0.25) is 19.3 Å². The van der Waals surface area contributed by atoms with Crippen LogP contribution >= 0.6 is 23.5 Å². The lowest BCUT2D eigenvalue weighted by Gasteiger charge is -2.50. The third-order valence-electron chi connectivity index (χ3n) is 5.81. The first-order valence-electron chi connectivity index (χ1n) is 10.9. The van der Waals surface area contributed by atoms with Gasteiger partial charge in [0.15, 0.2) is 0 Å². The average molecular weight is 534 g/mol. The van der Waals surface area contributed by atoms with Crippen LogP contribution in [0.5, 0.6) is 0 Å². The highest BCUT2D eigenvalue weighted by atomic mass is 32.2. The Morgan fingerprint density at radius 3 is 2.67 bits per heavy atom. The first kappa shape index (κ1) is 25.7. The van der Waals surface area contributed by atoms with Crippen molar-refractivity contribution in [1.29, 1.82) is 0 Å². The second kappa shape index (κ2) is 11.1. The lowest BCUT2D eigenvalue weighted by atomic mass is 9.99. The van der Waals surface area contributed by atoms with Gasteiger partial charge in [-0.05, 0) is 33.5 Å². The molecule has 2 aromatic rings. The molecule has 1 fully saturated rings. The van der Waals surface area contributed by atoms with E-state index in [-0.39, 0.29) is 34.5 Å². The zero-order valence-corrected chi connectivity index (χ0v) is 20.4. The SMILES string of the molecule is NCc1ccccc1CCC(=O)NC1C(=O)N2C(C(=O)O)=C(C(CC(=O)O)Sc3nnn[nH]3)CS[C@@H]12. The highest BCUT2D eigenvalue weighted by molar-refractivity contribution is 8.01. The van der Waals surface area contributed by atoms with Crippen molar-refractivity contribution < 1.29 is 29.4 Å². The van der Waals surface area contributed by atoms with Gasteiger partial charge in [-0.15, -0.1) is 16.9 Å². The number of rotatable bonds is 11. The second-order valence-electron chi connectivity index (χ2n) is 8.02. The molecule has 0 saturated carbocycles. The van der Waals surface area contributed by atoms with E-state index in [1.807, 2.05) is 24.3 Å². The number of thioether (sulfide) groups is 2. The molecule has 2 amide bonds. The summed E-state index contributed by atoms with van der Waals surface area (Å²) in [5.41, 5.74) is 7.65. The number of H-pyrrole nitrogens is 1. The van der Waals surface area contributed by atoms with Gasteiger partial charge in [0.1, 0.15) is 17.1 Å². The Bertz CT molecular complexity index is 1210. The highest BCUT2D eigenvalue weighted by Crippen LogP contribution is 2.44. The van der Waals surface area contributed by atoms with E-state index >= 15 is 0 Å². The molecule has 0 radical (unpaired) electrons. The molecule has 2 aliphatic heterocycles. The summed E-state index contributed by atoms with van der Waals surface area (Å²) in [5.74, 6) is -3.21. The number of fused-ring (bicyclic) bond motifs is 1. The van der Waals surface area contributed by atoms with Crippen LogP contribution in [0.25, 0.3) is 0 Å². The van der Waals surface area contributed by atoms with Gasteiger partial charge < -0.3 is 21.3 Å². The molecule has 190 valence electrons. The van der Waals surface area contributed by atoms with Gasteiger partial charge in [0, 0.05) is 24.0 Å². The number of aromatic nitrogens is 4. The van der Waals surface area contributed by atoms with E-state index in [4.69, 9.17) is 5.73 Å². The number of benzene rings is 1. The standard InChI is InChI=1S/C21H23N7O6S2/c22-8-11-4-2-1-3-10(11)5-6-14(29)23-16-18(32)28-17(20(33)34)12(9-35-19(16)28)13(7-15(30)31)36-21-24-26-27-25-21/h1-4,13,16,19H,5-9,22H2,(H,23,29)(H,30,31)(H,33,34)(H,24,25,26,27)/t13?,16?,19-/m0/s1. The molecule has 0 aliphatic carbocycles. The number of hydrogen-bond donors (Lipinski definition) is 5. The topological polar surface area (TPSA) is 204 Å². The minimum Gasteiger partial charge on any atom is -0.481 e. The molecule has 1 saturated heterocycles. The first-order chi connectivity index (χ1) is 17.3. The van der Waals surface area contributed by atoms with Crippen LogP contribution in [0.2, 0.25) is 0 Å². The summed E-state index contributed by atoms with van der Waals surface area (Å²) in [4.78, 5) is 50.3. The van der Waals surface area contributed by atoms with E-state index in [2.05, 4.69) is 25.9 Å². The largest absolute Gasteiger partial charge is 0.481 e. The summed E-state index contributed by atoms with van der Waals surface area (Å²) < 4.78 is 0. The molecule has 1 aromatic heterocycles. The minimum absolute atomic E-state index is 0.146. The molecule has 4 rings (SSSR count). The van der Waals surface area contributed by atoms with Gasteiger partial charge in [0.05, 0.1) is 6.42 Å². The lowest BCUT2D eigenvalue weighted by Crippen LogP contribution is -2.70. The normalized spacial score (nSPS) is 19.9. The summed E-state index contributed by atoms with van der Waals surface area (Å²) in [6, 6.07) is 6.66. The molecule has 6 N–H and O–H groups in total. The average Bonchev–Trinajstić information content (AvgIpc) is 3.37. The van der Waals surface area contributed by atoms with Crippen molar-refractivity contribution in [1.82, 2.24) is 30.8 Å². The number of amides is 2. The molecule has 36 heavy (non-hydrogen) atoms. The molecule has 2 aliphatic rings. The fourth-order valence-electron chi connectivity index (χ4n) is 4.11. The Kier molecular flexibility index (Phi) is 7.91. The number of carboxylic acid groups (broad SMARTS) is 2. The molecular weight excluding hydrogens is 510 g/mol. The van der Waals surface area contributed by atoms with Crippen molar-refractivity contribution >= 4 is 47.3 Å². The number of aryl methyl sites for hydroxylation is 1. The number of aliphatic carboxylic acids is 2. The quantitative estimate of drug-likeness (QED) is 0.191. The predicted molar refractivity (Wildman–Crippen MR) is 128 cm³/mol. The van der Waals surface area contributed by atoms with E-state index in [9.17, 15) is 29.4 Å². The Labute approximate surface area is 213 Å². The van der Waals surface area contributed by atoms with Gasteiger partial charge >= 0.3 is 11.9 Å². The van der Waals surface area contributed by atoms with Crippen molar-refractivity contribution in [3.8, 4) is 0 Å². The molecule has 0 spiro atoms. The van der Waals surface area contributed by atoms with Crippen LogP contribution in [0, 0.1) is 0 Å². The van der Waals surface area contributed by atoms with E-state index in [0.29, 0.717) is 13.0 Å². The van der Waals surface area contributed by atoms with Crippen molar-refractivity contribution in [2.24, 2.45) is 5.73 Å². The van der Waals surface area contributed by atoms with Crippen LogP contribution in [0.3, 0.4) is 0 Å². The number of aromatic amines is 1. The number of tetrazole rings is 1. The van der Waals surface area contributed by atoms with Crippen LogP contribution in [0.1, 0.15) is 24.0 Å². The van der Waals surface area contributed by atoms with Crippen molar-refractivity contribution in [3.63, 3.8) is 0 Å². The number of hydrogen-bond acceptors (Lipinski definition) is 10. The number of carbonyl (C=O) groups excluding carboxylic acids is 2. The minimum atomic E-state index is -1.35. The Morgan fingerprint density at radius 2 is 2.03 bits per heavy atom. The number of nitrogens with two attached hydrogens (primary N) is 1.